The first-order valence-corrected chi connectivity index (χ1v) is 7.77. The summed E-state index contributed by atoms with van der Waals surface area (Å²) < 4.78 is 44.8. The Morgan fingerprint density at radius 1 is 1.08 bits per heavy atom. The number of ether oxygens (including phenoxy) is 1. The molecule has 3 aromatic carbocycles. The number of alkyl halides is 3. The largest absolute Gasteiger partial charge is 0.478 e. The number of carbonyl (C=O) groups is 1. The van der Waals surface area contributed by atoms with E-state index in [4.69, 9.17) is 16.3 Å². The number of rotatable bonds is 1. The summed E-state index contributed by atoms with van der Waals surface area (Å²) in [6.07, 6.45) is -4.57. The average molecular weight is 380 g/mol. The van der Waals surface area contributed by atoms with Gasteiger partial charge in [0.25, 0.3) is 0 Å². The fraction of sp³-hybridized carbons (Fsp3) is 0.0556. The van der Waals surface area contributed by atoms with Gasteiger partial charge in [-0.25, -0.2) is 4.79 Å². The number of halogens is 4. The van der Waals surface area contributed by atoms with Crippen LogP contribution in [0.4, 0.5) is 24.5 Å². The van der Waals surface area contributed by atoms with Crippen LogP contribution in [0.25, 0.3) is 10.8 Å². The van der Waals surface area contributed by atoms with E-state index in [9.17, 15) is 23.1 Å². The fourth-order valence-electron chi connectivity index (χ4n) is 2.88. The van der Waals surface area contributed by atoms with Crippen molar-refractivity contribution in [3.63, 3.8) is 0 Å². The van der Waals surface area contributed by atoms with Crippen LogP contribution >= 0.6 is 11.6 Å². The average Bonchev–Trinajstić information content (AvgIpc) is 2.56. The van der Waals surface area contributed by atoms with Gasteiger partial charge in [-0.3, -0.25) is 0 Å². The van der Waals surface area contributed by atoms with Gasteiger partial charge in [0, 0.05) is 0 Å². The van der Waals surface area contributed by atoms with Crippen LogP contribution in [0, 0.1) is 0 Å². The van der Waals surface area contributed by atoms with E-state index in [-0.39, 0.29) is 17.0 Å². The van der Waals surface area contributed by atoms with Crippen LogP contribution in [0.2, 0.25) is 5.02 Å². The van der Waals surface area contributed by atoms with E-state index in [0.717, 1.165) is 6.07 Å². The van der Waals surface area contributed by atoms with Gasteiger partial charge in [0.2, 0.25) is 0 Å². The Bertz CT molecular complexity index is 1080. The number of aromatic carboxylic acids is 1. The first kappa shape index (κ1) is 16.5. The lowest BCUT2D eigenvalue weighted by atomic mass is 10.0. The van der Waals surface area contributed by atoms with Gasteiger partial charge in [0.05, 0.1) is 27.5 Å². The minimum atomic E-state index is -4.57. The lowest BCUT2D eigenvalue weighted by Gasteiger charge is -2.24. The number of fused-ring (bicyclic) bond motifs is 3. The van der Waals surface area contributed by atoms with E-state index < -0.39 is 22.7 Å². The quantitative estimate of drug-likeness (QED) is 0.422. The Kier molecular flexibility index (Phi) is 3.52. The van der Waals surface area contributed by atoms with E-state index in [1.54, 1.807) is 12.1 Å². The molecule has 8 heteroatoms. The predicted molar refractivity (Wildman–Crippen MR) is 90.7 cm³/mol. The number of para-hydroxylation sites is 1. The van der Waals surface area contributed by atoms with Gasteiger partial charge < -0.3 is 15.2 Å². The summed E-state index contributed by atoms with van der Waals surface area (Å²) in [6, 6.07) is 9.74. The summed E-state index contributed by atoms with van der Waals surface area (Å²) in [6.45, 7) is 0. The highest BCUT2D eigenvalue weighted by molar-refractivity contribution is 6.32. The van der Waals surface area contributed by atoms with Gasteiger partial charge in [-0.15, -0.1) is 0 Å². The summed E-state index contributed by atoms with van der Waals surface area (Å²) >= 11 is 5.77. The molecular weight excluding hydrogens is 371 g/mol. The van der Waals surface area contributed by atoms with Crippen molar-refractivity contribution >= 4 is 39.7 Å². The summed E-state index contributed by atoms with van der Waals surface area (Å²) in [5.41, 5.74) is -0.179. The SMILES string of the molecule is O=C(O)c1cccc2c1Nc1cc3cc(Cl)c(C(F)(F)F)cc3cc1O2. The summed E-state index contributed by atoms with van der Waals surface area (Å²) in [4.78, 5) is 11.4. The van der Waals surface area contributed by atoms with E-state index in [1.165, 1.54) is 24.3 Å². The molecule has 1 aliphatic rings. The smallest absolute Gasteiger partial charge is 0.417 e. The normalized spacial score (nSPS) is 12.8. The van der Waals surface area contributed by atoms with Crippen molar-refractivity contribution in [3.8, 4) is 11.5 Å². The molecule has 0 saturated carbocycles. The first-order valence-electron chi connectivity index (χ1n) is 7.40. The molecule has 4 nitrogen and oxygen atoms in total. The first-order chi connectivity index (χ1) is 12.2. The van der Waals surface area contributed by atoms with E-state index in [1.807, 2.05) is 0 Å². The molecule has 0 unspecified atom stereocenters. The molecule has 3 aromatic rings. The van der Waals surface area contributed by atoms with Crippen molar-refractivity contribution < 1.29 is 27.8 Å². The maximum absolute atomic E-state index is 13.0. The van der Waals surface area contributed by atoms with Crippen molar-refractivity contribution in [1.29, 1.82) is 0 Å². The van der Waals surface area contributed by atoms with Crippen LogP contribution in [0.15, 0.2) is 42.5 Å². The molecule has 2 N–H and O–H groups in total. The Hall–Kier alpha value is -2.93. The Balaban J connectivity index is 1.87. The van der Waals surface area contributed by atoms with Crippen LogP contribution in [0.3, 0.4) is 0 Å². The molecule has 0 amide bonds. The molecule has 0 atom stereocenters. The zero-order chi connectivity index (χ0) is 18.6. The van der Waals surface area contributed by atoms with Crippen molar-refractivity contribution in [2.24, 2.45) is 0 Å². The molecule has 0 radical (unpaired) electrons. The van der Waals surface area contributed by atoms with Gasteiger partial charge >= 0.3 is 12.1 Å². The van der Waals surface area contributed by atoms with E-state index >= 15 is 0 Å². The number of carboxylic acid groups (broad SMARTS) is 1. The Labute approximate surface area is 149 Å². The highest BCUT2D eigenvalue weighted by atomic mass is 35.5. The van der Waals surface area contributed by atoms with Crippen LogP contribution in [-0.2, 0) is 6.18 Å². The number of carboxylic acids is 1. The third-order valence-electron chi connectivity index (χ3n) is 4.07. The molecule has 1 aliphatic heterocycles. The summed E-state index contributed by atoms with van der Waals surface area (Å²) in [7, 11) is 0. The molecule has 0 spiro atoms. The van der Waals surface area contributed by atoms with Crippen LogP contribution in [0.1, 0.15) is 15.9 Å². The molecule has 132 valence electrons. The molecule has 0 fully saturated rings. The predicted octanol–water partition coefficient (Wildman–Crippen LogP) is 6.06. The van der Waals surface area contributed by atoms with Gasteiger partial charge in [-0.1, -0.05) is 17.7 Å². The highest BCUT2D eigenvalue weighted by Crippen LogP contribution is 2.46. The molecule has 0 aliphatic carbocycles. The molecule has 0 bridgehead atoms. The van der Waals surface area contributed by atoms with Crippen molar-refractivity contribution in [3.05, 3.63) is 58.6 Å². The Morgan fingerprint density at radius 2 is 1.81 bits per heavy atom. The minimum absolute atomic E-state index is 0.0266. The summed E-state index contributed by atoms with van der Waals surface area (Å²) in [5, 5.41) is 12.6. The molecule has 0 aromatic heterocycles. The molecule has 1 heterocycles. The standard InChI is InChI=1S/C18H9ClF3NO3/c19-12-5-9-6-13-15(7-8(9)4-11(12)18(20,21)22)26-14-3-1-2-10(17(24)25)16(14)23-13/h1-7,23H,(H,24,25). The van der Waals surface area contributed by atoms with Crippen LogP contribution < -0.4 is 10.1 Å². The van der Waals surface area contributed by atoms with Gasteiger partial charge in [0.1, 0.15) is 0 Å². The maximum atomic E-state index is 13.0. The molecule has 4 rings (SSSR count). The van der Waals surface area contributed by atoms with Crippen LogP contribution in [-0.4, -0.2) is 11.1 Å². The van der Waals surface area contributed by atoms with Gasteiger partial charge in [-0.05, 0) is 47.2 Å². The third-order valence-corrected chi connectivity index (χ3v) is 4.38. The maximum Gasteiger partial charge on any atom is 0.417 e. The number of hydrogen-bond donors (Lipinski definition) is 2. The van der Waals surface area contributed by atoms with Gasteiger partial charge in [-0.2, -0.15) is 13.2 Å². The number of nitrogens with one attached hydrogen (secondary N) is 1. The zero-order valence-corrected chi connectivity index (χ0v) is 13.6. The van der Waals surface area contributed by atoms with Crippen LogP contribution in [0.5, 0.6) is 11.5 Å². The van der Waals surface area contributed by atoms with Crippen molar-refractivity contribution in [1.82, 2.24) is 0 Å². The third kappa shape index (κ3) is 2.61. The van der Waals surface area contributed by atoms with Crippen molar-refractivity contribution in [2.45, 2.75) is 6.18 Å². The summed E-state index contributed by atoms with van der Waals surface area (Å²) in [5.74, 6) is -0.551. The Morgan fingerprint density at radius 3 is 2.50 bits per heavy atom. The molecule has 0 saturated heterocycles. The van der Waals surface area contributed by atoms with E-state index in [2.05, 4.69) is 5.32 Å². The number of anilines is 2. The highest BCUT2D eigenvalue weighted by Gasteiger charge is 2.33. The van der Waals surface area contributed by atoms with Gasteiger partial charge in [0.15, 0.2) is 11.5 Å². The minimum Gasteiger partial charge on any atom is -0.478 e. The second-order valence-electron chi connectivity index (χ2n) is 5.74. The zero-order valence-electron chi connectivity index (χ0n) is 12.8. The van der Waals surface area contributed by atoms with Crippen molar-refractivity contribution in [2.75, 3.05) is 5.32 Å². The topological polar surface area (TPSA) is 58.6 Å². The molecular formula is C18H9ClF3NO3. The lowest BCUT2D eigenvalue weighted by Crippen LogP contribution is -2.09. The second-order valence-corrected chi connectivity index (χ2v) is 6.14. The fourth-order valence-corrected chi connectivity index (χ4v) is 3.16. The second kappa shape index (κ2) is 5.54. The van der Waals surface area contributed by atoms with E-state index in [0.29, 0.717) is 22.2 Å². The lowest BCUT2D eigenvalue weighted by molar-refractivity contribution is -0.137. The number of hydrogen-bond acceptors (Lipinski definition) is 3. The monoisotopic (exact) mass is 379 g/mol. The molecule has 26 heavy (non-hydrogen) atoms. The number of benzene rings is 3.